The summed E-state index contributed by atoms with van der Waals surface area (Å²) in [5, 5.41) is 11.1. The zero-order valence-corrected chi connectivity index (χ0v) is 16.7. The molecular formula is C19H25ClN6O2. The van der Waals surface area contributed by atoms with Crippen molar-refractivity contribution >= 4 is 23.5 Å². The zero-order chi connectivity index (χ0) is 19.8. The molecule has 1 fully saturated rings. The number of rotatable bonds is 8. The van der Waals surface area contributed by atoms with Gasteiger partial charge in [0.25, 0.3) is 0 Å². The maximum Gasteiger partial charge on any atom is 0.248 e. The quantitative estimate of drug-likeness (QED) is 0.398. The number of benzene rings is 1. The van der Waals surface area contributed by atoms with Gasteiger partial charge in [0.2, 0.25) is 17.6 Å². The Labute approximate surface area is 169 Å². The summed E-state index contributed by atoms with van der Waals surface area (Å²) in [6.07, 6.45) is 2.52. The van der Waals surface area contributed by atoms with Crippen molar-refractivity contribution in [3.8, 4) is 11.4 Å². The molecule has 0 atom stereocenters. The molecule has 9 heteroatoms. The lowest BCUT2D eigenvalue weighted by molar-refractivity contribution is -0.127. The molecule has 1 aliphatic heterocycles. The van der Waals surface area contributed by atoms with Crippen LogP contribution in [0.1, 0.15) is 32.1 Å². The van der Waals surface area contributed by atoms with Crippen LogP contribution < -0.4 is 10.6 Å². The van der Waals surface area contributed by atoms with Crippen LogP contribution in [0.3, 0.4) is 0 Å². The van der Waals surface area contributed by atoms with Crippen LogP contribution in [0.5, 0.6) is 0 Å². The standard InChI is InChI=1S/C19H25ClN6O2/c1-2-21-19(22-9-5-11-26-10-4-8-17(26)27)23-13-16-24-18(25-28-16)14-6-3-7-15(20)12-14/h3,6-7,12H,2,4-5,8-11,13H2,1H3,(H2,21,22,23). The Morgan fingerprint density at radius 1 is 1.39 bits per heavy atom. The fourth-order valence-corrected chi connectivity index (χ4v) is 3.16. The number of aromatic nitrogens is 2. The van der Waals surface area contributed by atoms with Crippen molar-refractivity contribution in [1.29, 1.82) is 0 Å². The SMILES string of the molecule is CCNC(=NCc1nc(-c2cccc(Cl)c2)no1)NCCCN1CCCC1=O. The summed E-state index contributed by atoms with van der Waals surface area (Å²) in [6.45, 7) is 5.40. The summed E-state index contributed by atoms with van der Waals surface area (Å²) in [5.41, 5.74) is 0.799. The Kier molecular flexibility index (Phi) is 7.25. The zero-order valence-electron chi connectivity index (χ0n) is 15.9. The lowest BCUT2D eigenvalue weighted by atomic mass is 10.2. The van der Waals surface area contributed by atoms with Crippen LogP contribution in [0.4, 0.5) is 0 Å². The molecule has 0 bridgehead atoms. The van der Waals surface area contributed by atoms with E-state index in [-0.39, 0.29) is 12.5 Å². The van der Waals surface area contributed by atoms with Crippen LogP contribution >= 0.6 is 11.6 Å². The number of halogens is 1. The summed E-state index contributed by atoms with van der Waals surface area (Å²) in [5.74, 6) is 1.85. The van der Waals surface area contributed by atoms with Gasteiger partial charge in [-0.05, 0) is 31.9 Å². The van der Waals surface area contributed by atoms with Gasteiger partial charge in [0.05, 0.1) is 0 Å². The lowest BCUT2D eigenvalue weighted by Gasteiger charge is -2.16. The van der Waals surface area contributed by atoms with Gasteiger partial charge < -0.3 is 20.1 Å². The van der Waals surface area contributed by atoms with E-state index in [4.69, 9.17) is 16.1 Å². The maximum atomic E-state index is 11.6. The van der Waals surface area contributed by atoms with E-state index in [1.54, 1.807) is 12.1 Å². The highest BCUT2D eigenvalue weighted by atomic mass is 35.5. The van der Waals surface area contributed by atoms with Gasteiger partial charge in [-0.1, -0.05) is 28.9 Å². The van der Waals surface area contributed by atoms with Crippen molar-refractivity contribution in [1.82, 2.24) is 25.7 Å². The predicted octanol–water partition coefficient (Wildman–Crippen LogP) is 2.46. The molecule has 0 spiro atoms. The van der Waals surface area contributed by atoms with Crippen LogP contribution in [0.15, 0.2) is 33.8 Å². The van der Waals surface area contributed by atoms with Crippen molar-refractivity contribution in [3.63, 3.8) is 0 Å². The molecule has 1 aromatic heterocycles. The van der Waals surface area contributed by atoms with E-state index >= 15 is 0 Å². The first-order chi connectivity index (χ1) is 13.7. The van der Waals surface area contributed by atoms with Gasteiger partial charge in [0, 0.05) is 43.2 Å². The molecular weight excluding hydrogens is 380 g/mol. The highest BCUT2D eigenvalue weighted by Gasteiger charge is 2.19. The van der Waals surface area contributed by atoms with Crippen molar-refractivity contribution in [2.75, 3.05) is 26.2 Å². The molecule has 2 heterocycles. The Morgan fingerprint density at radius 2 is 2.29 bits per heavy atom. The Bertz CT molecular complexity index is 822. The molecule has 1 aromatic carbocycles. The molecule has 3 rings (SSSR count). The second kappa shape index (κ2) is 10.1. The van der Waals surface area contributed by atoms with Gasteiger partial charge in [-0.2, -0.15) is 4.98 Å². The molecule has 1 saturated heterocycles. The second-order valence-corrected chi connectivity index (χ2v) is 6.92. The Hall–Kier alpha value is -2.61. The third-order valence-corrected chi connectivity index (χ3v) is 4.57. The van der Waals surface area contributed by atoms with Crippen molar-refractivity contribution in [3.05, 3.63) is 35.2 Å². The fourth-order valence-electron chi connectivity index (χ4n) is 2.97. The minimum atomic E-state index is 0.257. The van der Waals surface area contributed by atoms with Crippen molar-refractivity contribution in [2.24, 2.45) is 4.99 Å². The van der Waals surface area contributed by atoms with Gasteiger partial charge in [0.15, 0.2) is 5.96 Å². The van der Waals surface area contributed by atoms with Crippen molar-refractivity contribution < 1.29 is 9.32 Å². The molecule has 0 unspecified atom stereocenters. The van der Waals surface area contributed by atoms with Crippen LogP contribution in [-0.4, -0.2) is 53.1 Å². The third-order valence-electron chi connectivity index (χ3n) is 4.34. The average molecular weight is 405 g/mol. The number of nitrogens with zero attached hydrogens (tertiary/aromatic N) is 4. The van der Waals surface area contributed by atoms with Crippen molar-refractivity contribution in [2.45, 2.75) is 32.7 Å². The minimum absolute atomic E-state index is 0.257. The predicted molar refractivity (Wildman–Crippen MR) is 108 cm³/mol. The van der Waals surface area contributed by atoms with E-state index in [9.17, 15) is 4.79 Å². The second-order valence-electron chi connectivity index (χ2n) is 6.48. The van der Waals surface area contributed by atoms with Crippen LogP contribution in [-0.2, 0) is 11.3 Å². The first kappa shape index (κ1) is 20.1. The van der Waals surface area contributed by atoms with Crippen LogP contribution in [0, 0.1) is 0 Å². The van der Waals surface area contributed by atoms with E-state index < -0.39 is 0 Å². The van der Waals surface area contributed by atoms with E-state index in [0.717, 1.165) is 44.6 Å². The maximum absolute atomic E-state index is 11.6. The largest absolute Gasteiger partial charge is 0.357 e. The Morgan fingerprint density at radius 3 is 3.04 bits per heavy atom. The number of nitrogens with one attached hydrogen (secondary N) is 2. The average Bonchev–Trinajstić information content (AvgIpc) is 3.32. The summed E-state index contributed by atoms with van der Waals surface area (Å²) in [7, 11) is 0. The van der Waals surface area contributed by atoms with Gasteiger partial charge in [0.1, 0.15) is 6.54 Å². The number of carbonyl (C=O) groups is 1. The van der Waals surface area contributed by atoms with E-state index in [2.05, 4.69) is 25.8 Å². The van der Waals surface area contributed by atoms with Crippen LogP contribution in [0.25, 0.3) is 11.4 Å². The van der Waals surface area contributed by atoms with Gasteiger partial charge in [-0.3, -0.25) is 4.79 Å². The van der Waals surface area contributed by atoms with Crippen LogP contribution in [0.2, 0.25) is 5.02 Å². The lowest BCUT2D eigenvalue weighted by Crippen LogP contribution is -2.39. The molecule has 28 heavy (non-hydrogen) atoms. The van der Waals surface area contributed by atoms with Gasteiger partial charge in [-0.25, -0.2) is 4.99 Å². The van der Waals surface area contributed by atoms with E-state index in [0.29, 0.717) is 29.1 Å². The summed E-state index contributed by atoms with van der Waals surface area (Å²) < 4.78 is 5.28. The number of amides is 1. The monoisotopic (exact) mass is 404 g/mol. The number of likely N-dealkylation sites (tertiary alicyclic amines) is 1. The molecule has 1 aliphatic rings. The van der Waals surface area contributed by atoms with Gasteiger partial charge in [-0.15, -0.1) is 0 Å². The molecule has 2 N–H and O–H groups in total. The molecule has 2 aromatic rings. The molecule has 150 valence electrons. The highest BCUT2D eigenvalue weighted by Crippen LogP contribution is 2.20. The molecule has 0 saturated carbocycles. The molecule has 1 amide bonds. The third kappa shape index (κ3) is 5.69. The summed E-state index contributed by atoms with van der Waals surface area (Å²) >= 11 is 6.00. The highest BCUT2D eigenvalue weighted by molar-refractivity contribution is 6.30. The fraction of sp³-hybridized carbons (Fsp3) is 0.474. The van der Waals surface area contributed by atoms with E-state index in [1.165, 1.54) is 0 Å². The number of carbonyl (C=O) groups excluding carboxylic acids is 1. The minimum Gasteiger partial charge on any atom is -0.357 e. The number of aliphatic imine (C=N–C) groups is 1. The Balaban J connectivity index is 1.50. The molecule has 0 aliphatic carbocycles. The molecule has 8 nitrogen and oxygen atoms in total. The smallest absolute Gasteiger partial charge is 0.248 e. The topological polar surface area (TPSA) is 95.7 Å². The van der Waals surface area contributed by atoms with Gasteiger partial charge >= 0.3 is 0 Å². The first-order valence-corrected chi connectivity index (χ1v) is 9.92. The summed E-state index contributed by atoms with van der Waals surface area (Å²) in [6, 6.07) is 7.30. The number of hydrogen-bond donors (Lipinski definition) is 2. The van der Waals surface area contributed by atoms with E-state index in [1.807, 2.05) is 24.0 Å². The first-order valence-electron chi connectivity index (χ1n) is 9.54. The summed E-state index contributed by atoms with van der Waals surface area (Å²) in [4.78, 5) is 22.4. The molecule has 0 radical (unpaired) electrons. The number of guanidine groups is 1. The number of hydrogen-bond acceptors (Lipinski definition) is 5. The normalized spacial score (nSPS) is 14.6.